The van der Waals surface area contributed by atoms with Gasteiger partial charge in [0.15, 0.2) is 6.61 Å². The van der Waals surface area contributed by atoms with Gasteiger partial charge in [-0.3, -0.25) is 4.79 Å². The first-order chi connectivity index (χ1) is 12.8. The molecule has 9 heteroatoms. The number of ether oxygens (including phenoxy) is 1. The van der Waals surface area contributed by atoms with Crippen molar-refractivity contribution in [2.45, 2.75) is 19.4 Å². The topological polar surface area (TPSA) is 69.9 Å². The van der Waals surface area contributed by atoms with Crippen LogP contribution in [0.25, 0.3) is 11.3 Å². The van der Waals surface area contributed by atoms with Gasteiger partial charge in [-0.05, 0) is 23.8 Å². The summed E-state index contributed by atoms with van der Waals surface area (Å²) in [5.74, 6) is -3.39. The maximum absolute atomic E-state index is 13.3. The van der Waals surface area contributed by atoms with Crippen LogP contribution in [-0.2, 0) is 6.54 Å². The van der Waals surface area contributed by atoms with Crippen LogP contribution in [0.1, 0.15) is 12.5 Å². The minimum atomic E-state index is -2.99. The molecule has 0 saturated carbocycles. The Balaban J connectivity index is 1.80. The SMILES string of the molecule is CC(F)(F)COc1ncc(-c2ccc(=O)n(Cc3cccc(F)c3)n2)cn1. The van der Waals surface area contributed by atoms with Gasteiger partial charge in [-0.15, -0.1) is 0 Å². The molecular formula is C18H15F3N4O2. The van der Waals surface area contributed by atoms with Crippen molar-refractivity contribution in [2.24, 2.45) is 0 Å². The van der Waals surface area contributed by atoms with Crippen molar-refractivity contribution < 1.29 is 17.9 Å². The molecule has 0 saturated heterocycles. The van der Waals surface area contributed by atoms with Crippen LogP contribution in [0.3, 0.4) is 0 Å². The van der Waals surface area contributed by atoms with Crippen LogP contribution in [0.4, 0.5) is 13.2 Å². The summed E-state index contributed by atoms with van der Waals surface area (Å²) in [5.41, 5.74) is 1.10. The molecule has 0 aliphatic rings. The Labute approximate surface area is 152 Å². The third kappa shape index (κ3) is 5.13. The quantitative estimate of drug-likeness (QED) is 0.662. The fourth-order valence-electron chi connectivity index (χ4n) is 2.24. The van der Waals surface area contributed by atoms with Crippen molar-refractivity contribution in [3.8, 4) is 17.3 Å². The highest BCUT2D eigenvalue weighted by molar-refractivity contribution is 5.55. The maximum atomic E-state index is 13.3. The Kier molecular flexibility index (Phi) is 5.20. The molecule has 0 atom stereocenters. The first kappa shape index (κ1) is 18.6. The van der Waals surface area contributed by atoms with E-state index >= 15 is 0 Å². The molecule has 0 aliphatic carbocycles. The second-order valence-corrected chi connectivity index (χ2v) is 5.96. The number of hydrogen-bond acceptors (Lipinski definition) is 5. The van der Waals surface area contributed by atoms with Gasteiger partial charge in [0.1, 0.15) is 5.82 Å². The van der Waals surface area contributed by atoms with Crippen molar-refractivity contribution >= 4 is 0 Å². The predicted octanol–water partition coefficient (Wildman–Crippen LogP) is 2.92. The monoisotopic (exact) mass is 376 g/mol. The van der Waals surface area contributed by atoms with Crippen molar-refractivity contribution in [3.05, 3.63) is 70.5 Å². The standard InChI is InChI=1S/C18H15F3N4O2/c1-18(20,21)11-27-17-22-8-13(9-23-17)15-5-6-16(26)25(24-15)10-12-3-2-4-14(19)7-12/h2-9H,10-11H2,1H3. The van der Waals surface area contributed by atoms with Gasteiger partial charge in [0.2, 0.25) is 0 Å². The minimum Gasteiger partial charge on any atom is -0.457 e. The van der Waals surface area contributed by atoms with Gasteiger partial charge in [-0.1, -0.05) is 12.1 Å². The summed E-state index contributed by atoms with van der Waals surface area (Å²) in [6.07, 6.45) is 2.71. The molecule has 6 nitrogen and oxygen atoms in total. The molecule has 0 unspecified atom stereocenters. The largest absolute Gasteiger partial charge is 0.457 e. The van der Waals surface area contributed by atoms with Gasteiger partial charge >= 0.3 is 6.01 Å². The molecule has 3 rings (SSSR count). The normalized spacial score (nSPS) is 11.4. The third-order valence-electron chi connectivity index (χ3n) is 3.47. The molecule has 27 heavy (non-hydrogen) atoms. The van der Waals surface area contributed by atoms with Gasteiger partial charge in [0.25, 0.3) is 11.5 Å². The van der Waals surface area contributed by atoms with E-state index in [4.69, 9.17) is 4.74 Å². The molecular weight excluding hydrogens is 361 g/mol. The first-order valence-corrected chi connectivity index (χ1v) is 7.96. The van der Waals surface area contributed by atoms with Crippen LogP contribution in [0.2, 0.25) is 0 Å². The van der Waals surface area contributed by atoms with Crippen LogP contribution >= 0.6 is 0 Å². The molecule has 1 aromatic carbocycles. The molecule has 0 spiro atoms. The van der Waals surface area contributed by atoms with Crippen molar-refractivity contribution in [1.29, 1.82) is 0 Å². The van der Waals surface area contributed by atoms with Crippen LogP contribution in [0.15, 0.2) is 53.6 Å². The average molecular weight is 376 g/mol. The lowest BCUT2D eigenvalue weighted by Crippen LogP contribution is -2.23. The van der Waals surface area contributed by atoms with E-state index in [1.165, 1.54) is 41.3 Å². The zero-order chi connectivity index (χ0) is 19.4. The lowest BCUT2D eigenvalue weighted by molar-refractivity contribution is -0.0256. The third-order valence-corrected chi connectivity index (χ3v) is 3.47. The van der Waals surface area contributed by atoms with E-state index in [9.17, 15) is 18.0 Å². The number of benzene rings is 1. The number of halogens is 3. The van der Waals surface area contributed by atoms with E-state index in [1.54, 1.807) is 12.1 Å². The van der Waals surface area contributed by atoms with E-state index in [2.05, 4.69) is 15.1 Å². The maximum Gasteiger partial charge on any atom is 0.316 e. The summed E-state index contributed by atoms with van der Waals surface area (Å²) < 4.78 is 44.9. The highest BCUT2D eigenvalue weighted by atomic mass is 19.3. The lowest BCUT2D eigenvalue weighted by Gasteiger charge is -2.10. The summed E-state index contributed by atoms with van der Waals surface area (Å²) >= 11 is 0. The van der Waals surface area contributed by atoms with E-state index in [0.717, 1.165) is 6.92 Å². The smallest absolute Gasteiger partial charge is 0.316 e. The van der Waals surface area contributed by atoms with Crippen molar-refractivity contribution in [1.82, 2.24) is 19.7 Å². The Hall–Kier alpha value is -3.23. The Morgan fingerprint density at radius 3 is 2.56 bits per heavy atom. The summed E-state index contributed by atoms with van der Waals surface area (Å²) in [5, 5.41) is 4.22. The predicted molar refractivity (Wildman–Crippen MR) is 91.1 cm³/mol. The second-order valence-electron chi connectivity index (χ2n) is 5.96. The van der Waals surface area contributed by atoms with Crippen molar-refractivity contribution in [2.75, 3.05) is 6.61 Å². The summed E-state index contributed by atoms with van der Waals surface area (Å²) in [6.45, 7) is -0.00565. The van der Waals surface area contributed by atoms with Crippen molar-refractivity contribution in [3.63, 3.8) is 0 Å². The molecule has 2 aromatic heterocycles. The highest BCUT2D eigenvalue weighted by Gasteiger charge is 2.22. The van der Waals surface area contributed by atoms with Gasteiger partial charge in [-0.2, -0.15) is 5.10 Å². The van der Waals surface area contributed by atoms with E-state index in [0.29, 0.717) is 16.8 Å². The van der Waals surface area contributed by atoms with Crippen LogP contribution < -0.4 is 10.3 Å². The first-order valence-electron chi connectivity index (χ1n) is 7.96. The molecule has 0 aliphatic heterocycles. The van der Waals surface area contributed by atoms with Crippen LogP contribution in [0.5, 0.6) is 6.01 Å². The number of hydrogen-bond donors (Lipinski definition) is 0. The summed E-state index contributed by atoms with van der Waals surface area (Å²) in [6, 6.07) is 8.49. The molecule has 3 aromatic rings. The van der Waals surface area contributed by atoms with Gasteiger partial charge < -0.3 is 4.74 Å². The number of nitrogens with zero attached hydrogens (tertiary/aromatic N) is 4. The van der Waals surface area contributed by atoms with Crippen LogP contribution in [-0.4, -0.2) is 32.3 Å². The van der Waals surface area contributed by atoms with Crippen LogP contribution in [0, 0.1) is 5.82 Å². The molecule has 2 heterocycles. The van der Waals surface area contributed by atoms with E-state index in [-0.39, 0.29) is 18.1 Å². The molecule has 0 amide bonds. The van der Waals surface area contributed by atoms with E-state index in [1.807, 2.05) is 0 Å². The molecule has 140 valence electrons. The fraction of sp³-hybridized carbons (Fsp3) is 0.222. The Bertz CT molecular complexity index is 985. The molecule has 0 N–H and O–H groups in total. The number of alkyl halides is 2. The number of rotatable bonds is 6. The Morgan fingerprint density at radius 1 is 1.15 bits per heavy atom. The zero-order valence-corrected chi connectivity index (χ0v) is 14.3. The van der Waals surface area contributed by atoms with E-state index < -0.39 is 18.3 Å². The highest BCUT2D eigenvalue weighted by Crippen LogP contribution is 2.17. The summed E-state index contributed by atoms with van der Waals surface area (Å²) in [4.78, 5) is 19.7. The molecule has 0 fully saturated rings. The summed E-state index contributed by atoms with van der Waals surface area (Å²) in [7, 11) is 0. The van der Waals surface area contributed by atoms with Gasteiger partial charge in [0, 0.05) is 30.9 Å². The molecule has 0 radical (unpaired) electrons. The number of aromatic nitrogens is 4. The fourth-order valence-corrected chi connectivity index (χ4v) is 2.24. The lowest BCUT2D eigenvalue weighted by atomic mass is 10.2. The van der Waals surface area contributed by atoms with Gasteiger partial charge in [-0.25, -0.2) is 27.8 Å². The second kappa shape index (κ2) is 7.56. The Morgan fingerprint density at radius 2 is 1.89 bits per heavy atom. The molecule has 0 bridgehead atoms. The zero-order valence-electron chi connectivity index (χ0n) is 14.3. The minimum absolute atomic E-state index is 0.0953. The van der Waals surface area contributed by atoms with Gasteiger partial charge in [0.05, 0.1) is 12.2 Å². The average Bonchev–Trinajstić information content (AvgIpc) is 2.62.